The van der Waals surface area contributed by atoms with E-state index in [2.05, 4.69) is 5.32 Å². The summed E-state index contributed by atoms with van der Waals surface area (Å²) in [6.45, 7) is 3.49. The number of rotatable bonds is 2. The first-order valence-electron chi connectivity index (χ1n) is 5.63. The van der Waals surface area contributed by atoms with Crippen LogP contribution in [0.1, 0.15) is 12.5 Å². The van der Waals surface area contributed by atoms with Gasteiger partial charge in [0.2, 0.25) is 0 Å². The number of nitrogens with one attached hydrogen (secondary N) is 1. The zero-order valence-electron chi connectivity index (χ0n) is 9.85. The standard InChI is InChI=1S/C13H16N2O2/c1-11-7-8-17-15(10-11)13(16)14-9-12-5-3-2-4-6-12/h2-7H,8-10H2,1H3,(H,14,16). The molecule has 0 unspecified atom stereocenters. The van der Waals surface area contributed by atoms with Gasteiger partial charge in [-0.25, -0.2) is 4.79 Å². The Morgan fingerprint density at radius 1 is 1.41 bits per heavy atom. The van der Waals surface area contributed by atoms with Gasteiger partial charge in [0.15, 0.2) is 0 Å². The molecule has 1 N–H and O–H groups in total. The Kier molecular flexibility index (Phi) is 3.77. The molecule has 0 atom stereocenters. The predicted octanol–water partition coefficient (Wildman–Crippen LogP) is 2.09. The van der Waals surface area contributed by atoms with Crippen molar-refractivity contribution in [2.75, 3.05) is 13.2 Å². The van der Waals surface area contributed by atoms with E-state index in [1.807, 2.05) is 43.3 Å². The van der Waals surface area contributed by atoms with Crippen molar-refractivity contribution in [2.45, 2.75) is 13.5 Å². The van der Waals surface area contributed by atoms with Crippen LogP contribution in [0.5, 0.6) is 0 Å². The highest BCUT2D eigenvalue weighted by atomic mass is 16.7. The smallest absolute Gasteiger partial charge is 0.332 e. The summed E-state index contributed by atoms with van der Waals surface area (Å²) in [5.74, 6) is 0. The number of carbonyl (C=O) groups is 1. The summed E-state index contributed by atoms with van der Waals surface area (Å²) >= 11 is 0. The molecule has 1 aromatic rings. The minimum atomic E-state index is -0.193. The molecule has 0 aromatic heterocycles. The Labute approximate surface area is 101 Å². The number of hydrogen-bond acceptors (Lipinski definition) is 2. The molecule has 1 heterocycles. The molecule has 4 nitrogen and oxygen atoms in total. The molecule has 1 aliphatic rings. The molecule has 2 rings (SSSR count). The van der Waals surface area contributed by atoms with Gasteiger partial charge in [-0.1, -0.05) is 42.0 Å². The average Bonchev–Trinajstić information content (AvgIpc) is 2.37. The fourth-order valence-corrected chi connectivity index (χ4v) is 1.60. The number of urea groups is 1. The van der Waals surface area contributed by atoms with E-state index in [1.165, 1.54) is 5.06 Å². The summed E-state index contributed by atoms with van der Waals surface area (Å²) < 4.78 is 0. The number of carbonyl (C=O) groups excluding carboxylic acids is 1. The number of hydroxylamine groups is 2. The van der Waals surface area contributed by atoms with Crippen LogP contribution in [-0.4, -0.2) is 24.2 Å². The van der Waals surface area contributed by atoms with Crippen molar-refractivity contribution in [1.29, 1.82) is 0 Å². The summed E-state index contributed by atoms with van der Waals surface area (Å²) in [5.41, 5.74) is 2.22. The van der Waals surface area contributed by atoms with Crippen LogP contribution in [0.15, 0.2) is 42.0 Å². The average molecular weight is 232 g/mol. The minimum absolute atomic E-state index is 0.193. The third kappa shape index (κ3) is 3.32. The summed E-state index contributed by atoms with van der Waals surface area (Å²) in [7, 11) is 0. The fourth-order valence-electron chi connectivity index (χ4n) is 1.60. The molecule has 0 spiro atoms. The maximum atomic E-state index is 11.8. The molecular weight excluding hydrogens is 216 g/mol. The second kappa shape index (κ2) is 5.50. The van der Waals surface area contributed by atoms with Crippen molar-refractivity contribution in [3.8, 4) is 0 Å². The lowest BCUT2D eigenvalue weighted by Gasteiger charge is -2.25. The van der Waals surface area contributed by atoms with Crippen LogP contribution in [0.3, 0.4) is 0 Å². The van der Waals surface area contributed by atoms with Crippen molar-refractivity contribution >= 4 is 6.03 Å². The molecule has 0 radical (unpaired) electrons. The topological polar surface area (TPSA) is 41.6 Å². The Balaban J connectivity index is 1.84. The largest absolute Gasteiger partial charge is 0.341 e. The summed E-state index contributed by atoms with van der Waals surface area (Å²) in [6, 6.07) is 9.61. The highest BCUT2D eigenvalue weighted by Gasteiger charge is 2.16. The van der Waals surface area contributed by atoms with Crippen molar-refractivity contribution < 1.29 is 9.63 Å². The van der Waals surface area contributed by atoms with E-state index in [1.54, 1.807) is 0 Å². The van der Waals surface area contributed by atoms with E-state index < -0.39 is 0 Å². The van der Waals surface area contributed by atoms with Gasteiger partial charge in [-0.15, -0.1) is 0 Å². The quantitative estimate of drug-likeness (QED) is 0.793. The molecule has 1 aliphatic heterocycles. The van der Waals surface area contributed by atoms with Gasteiger partial charge < -0.3 is 5.32 Å². The number of hydrogen-bond donors (Lipinski definition) is 1. The highest BCUT2D eigenvalue weighted by Crippen LogP contribution is 2.07. The molecule has 0 saturated heterocycles. The van der Waals surface area contributed by atoms with Crippen molar-refractivity contribution in [2.24, 2.45) is 0 Å². The Morgan fingerprint density at radius 2 is 2.18 bits per heavy atom. The molecule has 1 aromatic carbocycles. The van der Waals surface area contributed by atoms with Crippen LogP contribution < -0.4 is 5.32 Å². The molecule has 0 aliphatic carbocycles. The summed E-state index contributed by atoms with van der Waals surface area (Å²) in [6.07, 6.45) is 1.97. The van der Waals surface area contributed by atoms with E-state index in [9.17, 15) is 4.79 Å². The predicted molar refractivity (Wildman–Crippen MR) is 65.1 cm³/mol. The maximum Gasteiger partial charge on any atom is 0.341 e. The van der Waals surface area contributed by atoms with Gasteiger partial charge in [0.05, 0.1) is 13.2 Å². The van der Waals surface area contributed by atoms with Crippen molar-refractivity contribution in [1.82, 2.24) is 10.4 Å². The van der Waals surface area contributed by atoms with Gasteiger partial charge in [0.25, 0.3) is 0 Å². The monoisotopic (exact) mass is 232 g/mol. The number of nitrogens with zero attached hydrogens (tertiary/aromatic N) is 1. The molecule has 2 amide bonds. The molecule has 4 heteroatoms. The SMILES string of the molecule is CC1=CCON(C(=O)NCc2ccccc2)C1. The second-order valence-corrected chi connectivity index (χ2v) is 4.03. The van der Waals surface area contributed by atoms with E-state index in [4.69, 9.17) is 4.84 Å². The van der Waals surface area contributed by atoms with Crippen LogP contribution in [0, 0.1) is 0 Å². The fraction of sp³-hybridized carbons (Fsp3) is 0.308. The van der Waals surface area contributed by atoms with Crippen molar-refractivity contribution in [3.05, 3.63) is 47.5 Å². The Morgan fingerprint density at radius 3 is 2.88 bits per heavy atom. The lowest BCUT2D eigenvalue weighted by molar-refractivity contribution is -0.106. The zero-order valence-corrected chi connectivity index (χ0v) is 9.85. The molecule has 90 valence electrons. The van der Waals surface area contributed by atoms with Crippen molar-refractivity contribution in [3.63, 3.8) is 0 Å². The van der Waals surface area contributed by atoms with Gasteiger partial charge in [0.1, 0.15) is 0 Å². The van der Waals surface area contributed by atoms with E-state index >= 15 is 0 Å². The minimum Gasteiger partial charge on any atom is -0.332 e. The molecular formula is C13H16N2O2. The van der Waals surface area contributed by atoms with Crippen LogP contribution in [0.4, 0.5) is 4.79 Å². The van der Waals surface area contributed by atoms with Crippen LogP contribution in [-0.2, 0) is 11.4 Å². The van der Waals surface area contributed by atoms with Crippen LogP contribution in [0.25, 0.3) is 0 Å². The van der Waals surface area contributed by atoms with Gasteiger partial charge in [0, 0.05) is 6.54 Å². The summed E-state index contributed by atoms with van der Waals surface area (Å²) in [5, 5.41) is 4.18. The van der Waals surface area contributed by atoms with Crippen LogP contribution >= 0.6 is 0 Å². The Bertz CT molecular complexity index is 415. The van der Waals surface area contributed by atoms with E-state index in [-0.39, 0.29) is 6.03 Å². The highest BCUT2D eigenvalue weighted by molar-refractivity contribution is 5.73. The molecule has 17 heavy (non-hydrogen) atoms. The first kappa shape index (κ1) is 11.7. The molecule has 0 fully saturated rings. The van der Waals surface area contributed by atoms with E-state index in [0.29, 0.717) is 19.7 Å². The normalized spacial score (nSPS) is 15.4. The maximum absolute atomic E-state index is 11.8. The summed E-state index contributed by atoms with van der Waals surface area (Å²) in [4.78, 5) is 17.0. The zero-order chi connectivity index (χ0) is 12.1. The Hall–Kier alpha value is -1.81. The lowest BCUT2D eigenvalue weighted by atomic mass is 10.2. The van der Waals surface area contributed by atoms with Gasteiger partial charge in [-0.3, -0.25) is 4.84 Å². The number of amides is 2. The molecule has 0 saturated carbocycles. The number of benzene rings is 1. The third-order valence-corrected chi connectivity index (χ3v) is 2.57. The first-order chi connectivity index (χ1) is 8.25. The van der Waals surface area contributed by atoms with Gasteiger partial charge >= 0.3 is 6.03 Å². The van der Waals surface area contributed by atoms with Gasteiger partial charge in [-0.05, 0) is 12.5 Å². The lowest BCUT2D eigenvalue weighted by Crippen LogP contribution is -2.42. The first-order valence-corrected chi connectivity index (χ1v) is 5.63. The van der Waals surface area contributed by atoms with Gasteiger partial charge in [-0.2, -0.15) is 5.06 Å². The molecule has 0 bridgehead atoms. The third-order valence-electron chi connectivity index (χ3n) is 2.57. The van der Waals surface area contributed by atoms with Crippen LogP contribution in [0.2, 0.25) is 0 Å². The second-order valence-electron chi connectivity index (χ2n) is 4.03. The van der Waals surface area contributed by atoms with E-state index in [0.717, 1.165) is 11.1 Å².